The molecule has 0 bridgehead atoms. The maximum absolute atomic E-state index is 12.0. The van der Waals surface area contributed by atoms with Crippen molar-refractivity contribution in [2.45, 2.75) is 45.2 Å². The van der Waals surface area contributed by atoms with Gasteiger partial charge in [-0.1, -0.05) is 0 Å². The Kier molecular flexibility index (Phi) is 5.39. The minimum absolute atomic E-state index is 0.0194. The van der Waals surface area contributed by atoms with E-state index in [-0.39, 0.29) is 17.6 Å². The second kappa shape index (κ2) is 6.28. The summed E-state index contributed by atoms with van der Waals surface area (Å²) in [5, 5.41) is 5.73. The number of hydrogen-bond acceptors (Lipinski definition) is 3. The Labute approximate surface area is 121 Å². The zero-order valence-electron chi connectivity index (χ0n) is 12.9. The molecule has 2 amide bonds. The summed E-state index contributed by atoms with van der Waals surface area (Å²) in [4.78, 5) is 11.8. The second-order valence-corrected chi connectivity index (χ2v) is 8.45. The predicted molar refractivity (Wildman–Crippen MR) is 78.6 cm³/mol. The van der Waals surface area contributed by atoms with Crippen molar-refractivity contribution in [1.29, 1.82) is 0 Å². The minimum atomic E-state index is -3.34. The Balaban J connectivity index is 2.46. The van der Waals surface area contributed by atoms with Crippen LogP contribution in [0.1, 0.15) is 33.6 Å². The molecule has 1 rings (SSSR count). The van der Waals surface area contributed by atoms with Gasteiger partial charge in [-0.2, -0.15) is 17.0 Å². The van der Waals surface area contributed by atoms with Crippen LogP contribution in [0.2, 0.25) is 0 Å². The lowest BCUT2D eigenvalue weighted by Gasteiger charge is -2.33. The van der Waals surface area contributed by atoms with Crippen molar-refractivity contribution in [3.05, 3.63) is 0 Å². The third-order valence-corrected chi connectivity index (χ3v) is 5.01. The zero-order valence-corrected chi connectivity index (χ0v) is 13.7. The first kappa shape index (κ1) is 17.2. The van der Waals surface area contributed by atoms with Gasteiger partial charge in [0.25, 0.3) is 10.2 Å². The SMILES string of the molecule is CN(C)S(=O)(=O)N1CCC(NC(=O)NC(C)(C)C)CC1. The first-order chi connectivity index (χ1) is 9.02. The molecule has 1 heterocycles. The largest absolute Gasteiger partial charge is 0.335 e. The molecule has 0 aromatic carbocycles. The van der Waals surface area contributed by atoms with Gasteiger partial charge in [0.2, 0.25) is 0 Å². The molecule has 0 atom stereocenters. The minimum Gasteiger partial charge on any atom is -0.335 e. The lowest BCUT2D eigenvalue weighted by molar-refractivity contribution is 0.218. The molecule has 20 heavy (non-hydrogen) atoms. The van der Waals surface area contributed by atoms with Gasteiger partial charge in [-0.15, -0.1) is 0 Å². The summed E-state index contributed by atoms with van der Waals surface area (Å²) in [6.45, 7) is 6.61. The molecule has 118 valence electrons. The van der Waals surface area contributed by atoms with Crippen LogP contribution in [0, 0.1) is 0 Å². The van der Waals surface area contributed by atoms with E-state index >= 15 is 0 Å². The van der Waals surface area contributed by atoms with Crippen molar-refractivity contribution >= 4 is 16.2 Å². The molecule has 1 aliphatic rings. The van der Waals surface area contributed by atoms with Gasteiger partial charge < -0.3 is 10.6 Å². The smallest absolute Gasteiger partial charge is 0.315 e. The summed E-state index contributed by atoms with van der Waals surface area (Å²) in [7, 11) is -0.294. The fraction of sp³-hybridized carbons (Fsp3) is 0.917. The van der Waals surface area contributed by atoms with Crippen molar-refractivity contribution in [3.63, 3.8) is 0 Å². The zero-order chi connectivity index (χ0) is 15.6. The average Bonchev–Trinajstić information content (AvgIpc) is 2.26. The summed E-state index contributed by atoms with van der Waals surface area (Å²) in [6.07, 6.45) is 1.26. The van der Waals surface area contributed by atoms with Gasteiger partial charge in [0.1, 0.15) is 0 Å². The topological polar surface area (TPSA) is 81.8 Å². The molecule has 0 unspecified atom stereocenters. The Bertz CT molecular complexity index is 434. The number of amides is 2. The van der Waals surface area contributed by atoms with Crippen LogP contribution < -0.4 is 10.6 Å². The molecule has 0 radical (unpaired) electrons. The first-order valence-corrected chi connectivity index (χ1v) is 8.18. The van der Waals surface area contributed by atoms with Gasteiger partial charge in [-0.05, 0) is 33.6 Å². The van der Waals surface area contributed by atoms with Crippen molar-refractivity contribution in [2.24, 2.45) is 0 Å². The van der Waals surface area contributed by atoms with E-state index in [1.54, 1.807) is 0 Å². The molecular weight excluding hydrogens is 280 g/mol. The van der Waals surface area contributed by atoms with Gasteiger partial charge in [0.15, 0.2) is 0 Å². The quantitative estimate of drug-likeness (QED) is 0.789. The van der Waals surface area contributed by atoms with E-state index in [9.17, 15) is 13.2 Å². The molecule has 7 nitrogen and oxygen atoms in total. The maximum atomic E-state index is 12.0. The van der Waals surface area contributed by atoms with Crippen LogP contribution in [-0.2, 0) is 10.2 Å². The fourth-order valence-corrected chi connectivity index (χ4v) is 3.16. The molecule has 0 spiro atoms. The average molecular weight is 306 g/mol. The summed E-state index contributed by atoms with van der Waals surface area (Å²) in [5.41, 5.74) is -0.279. The van der Waals surface area contributed by atoms with Crippen LogP contribution in [0.5, 0.6) is 0 Å². The Hall–Kier alpha value is -0.860. The van der Waals surface area contributed by atoms with Crippen molar-refractivity contribution in [1.82, 2.24) is 19.2 Å². The second-order valence-electron chi connectivity index (χ2n) is 6.31. The fourth-order valence-electron chi connectivity index (χ4n) is 2.02. The van der Waals surface area contributed by atoms with Gasteiger partial charge >= 0.3 is 6.03 Å². The number of piperidine rings is 1. The van der Waals surface area contributed by atoms with Gasteiger partial charge in [0.05, 0.1) is 0 Å². The Morgan fingerprint density at radius 2 is 1.70 bits per heavy atom. The van der Waals surface area contributed by atoms with Gasteiger partial charge in [0, 0.05) is 38.8 Å². The number of nitrogens with zero attached hydrogens (tertiary/aromatic N) is 2. The molecule has 0 aromatic rings. The number of carbonyl (C=O) groups is 1. The van der Waals surface area contributed by atoms with Crippen LogP contribution in [0.4, 0.5) is 4.79 Å². The molecular formula is C12H26N4O3S. The molecule has 0 aromatic heterocycles. The van der Waals surface area contributed by atoms with E-state index < -0.39 is 10.2 Å². The molecule has 2 N–H and O–H groups in total. The highest BCUT2D eigenvalue weighted by Crippen LogP contribution is 2.15. The number of nitrogens with one attached hydrogen (secondary N) is 2. The Morgan fingerprint density at radius 3 is 2.10 bits per heavy atom. The van der Waals surface area contributed by atoms with Crippen LogP contribution in [-0.4, -0.2) is 61.8 Å². The Morgan fingerprint density at radius 1 is 1.20 bits per heavy atom. The van der Waals surface area contributed by atoms with Crippen LogP contribution in [0.15, 0.2) is 0 Å². The molecule has 0 aliphatic carbocycles. The lowest BCUT2D eigenvalue weighted by atomic mass is 10.1. The van der Waals surface area contributed by atoms with Crippen LogP contribution >= 0.6 is 0 Å². The third kappa shape index (κ3) is 4.92. The molecule has 1 fully saturated rings. The highest BCUT2D eigenvalue weighted by Gasteiger charge is 2.30. The monoisotopic (exact) mass is 306 g/mol. The van der Waals surface area contributed by atoms with Crippen LogP contribution in [0.25, 0.3) is 0 Å². The normalized spacial score (nSPS) is 19.1. The predicted octanol–water partition coefficient (Wildman–Crippen LogP) is 0.355. The number of carbonyl (C=O) groups excluding carboxylic acids is 1. The van der Waals surface area contributed by atoms with E-state index in [1.165, 1.54) is 22.7 Å². The van der Waals surface area contributed by atoms with Crippen molar-refractivity contribution < 1.29 is 13.2 Å². The molecule has 1 saturated heterocycles. The van der Waals surface area contributed by atoms with Gasteiger partial charge in [-0.3, -0.25) is 0 Å². The van der Waals surface area contributed by atoms with Crippen molar-refractivity contribution in [3.8, 4) is 0 Å². The van der Waals surface area contributed by atoms with E-state index in [1.807, 2.05) is 20.8 Å². The summed E-state index contributed by atoms with van der Waals surface area (Å²) in [6, 6.07) is -0.183. The maximum Gasteiger partial charge on any atom is 0.315 e. The number of hydrogen-bond donors (Lipinski definition) is 2. The van der Waals surface area contributed by atoms with E-state index in [0.717, 1.165) is 0 Å². The first-order valence-electron chi connectivity index (χ1n) is 6.78. The summed E-state index contributed by atoms with van der Waals surface area (Å²) >= 11 is 0. The molecule has 8 heteroatoms. The highest BCUT2D eigenvalue weighted by atomic mass is 32.2. The summed E-state index contributed by atoms with van der Waals surface area (Å²) < 4.78 is 26.6. The van der Waals surface area contributed by atoms with Crippen LogP contribution in [0.3, 0.4) is 0 Å². The van der Waals surface area contributed by atoms with Crippen molar-refractivity contribution in [2.75, 3.05) is 27.2 Å². The van der Waals surface area contributed by atoms with Gasteiger partial charge in [-0.25, -0.2) is 4.79 Å². The van der Waals surface area contributed by atoms with E-state index in [4.69, 9.17) is 0 Å². The summed E-state index contributed by atoms with van der Waals surface area (Å²) in [5.74, 6) is 0. The molecule has 0 saturated carbocycles. The number of urea groups is 1. The lowest BCUT2D eigenvalue weighted by Crippen LogP contribution is -2.53. The third-order valence-electron chi connectivity index (χ3n) is 3.07. The highest BCUT2D eigenvalue weighted by molar-refractivity contribution is 7.86. The molecule has 1 aliphatic heterocycles. The number of rotatable bonds is 3. The van der Waals surface area contributed by atoms with E-state index in [0.29, 0.717) is 25.9 Å². The standard InChI is InChI=1S/C12H26N4O3S/c1-12(2,3)14-11(17)13-10-6-8-16(9-7-10)20(18,19)15(4)5/h10H,6-9H2,1-5H3,(H2,13,14,17). The van der Waals surface area contributed by atoms with E-state index in [2.05, 4.69) is 10.6 Å².